The zero-order valence-corrected chi connectivity index (χ0v) is 14.9. The average Bonchev–Trinajstić information content (AvgIpc) is 2.24. The van der Waals surface area contributed by atoms with Crippen molar-refractivity contribution in [3.63, 3.8) is 0 Å². The van der Waals surface area contributed by atoms with Gasteiger partial charge in [-0.3, -0.25) is 9.13 Å². The molecule has 0 spiro atoms. The summed E-state index contributed by atoms with van der Waals surface area (Å²) < 4.78 is 33.2. The minimum absolute atomic E-state index is 0.458. The van der Waals surface area contributed by atoms with E-state index in [1.54, 1.807) is 75.1 Å². The summed E-state index contributed by atoms with van der Waals surface area (Å²) in [7, 11) is 8.44. The first-order chi connectivity index (χ1) is 7.93. The third kappa shape index (κ3) is 2.90. The second-order valence-electron chi connectivity index (χ2n) is 5.20. The Morgan fingerprint density at radius 3 is 0.889 bits per heavy atom. The van der Waals surface area contributed by atoms with Crippen molar-refractivity contribution in [3.8, 4) is 0 Å². The second kappa shape index (κ2) is 6.17. The molecule has 0 aromatic carbocycles. The molecule has 0 aliphatic heterocycles. The number of hydrogen-bond donors (Lipinski definition) is 0. The Kier molecular flexibility index (Phi) is 6.27. The van der Waals surface area contributed by atoms with E-state index < -0.39 is 20.3 Å². The molecule has 0 aliphatic rings. The van der Waals surface area contributed by atoms with E-state index >= 15 is 0 Å². The van der Waals surface area contributed by atoms with Crippen LogP contribution >= 0.6 is 14.9 Å². The van der Waals surface area contributed by atoms with Gasteiger partial charge in [0.05, 0.1) is 0 Å². The smallest absolute Gasteiger partial charge is 0.228 e. The van der Waals surface area contributed by atoms with Crippen LogP contribution < -0.4 is 0 Å². The van der Waals surface area contributed by atoms with Crippen LogP contribution in [-0.2, 0) is 9.13 Å². The van der Waals surface area contributed by atoms with Crippen LogP contribution in [0.4, 0.5) is 0 Å². The summed E-state index contributed by atoms with van der Waals surface area (Å²) in [6.07, 6.45) is 0. The maximum absolute atomic E-state index is 13.2. The Hall–Kier alpha value is 0.300. The lowest BCUT2D eigenvalue weighted by Crippen LogP contribution is -2.34. The molecule has 0 amide bonds. The third-order valence-electron chi connectivity index (χ3n) is 3.27. The summed E-state index contributed by atoms with van der Waals surface area (Å²) in [5.41, 5.74) is 0. The van der Waals surface area contributed by atoms with E-state index in [2.05, 4.69) is 0 Å². The van der Waals surface area contributed by atoms with Crippen LogP contribution in [0, 0.1) is 0 Å². The molecule has 6 nitrogen and oxygen atoms in total. The van der Waals surface area contributed by atoms with Gasteiger partial charge in [-0.15, -0.1) is 0 Å². The number of nitrogens with zero attached hydrogens (tertiary/aromatic N) is 4. The van der Waals surface area contributed by atoms with Gasteiger partial charge in [-0.1, -0.05) is 0 Å². The van der Waals surface area contributed by atoms with Gasteiger partial charge >= 0.3 is 0 Å². The van der Waals surface area contributed by atoms with Crippen LogP contribution in [0.1, 0.15) is 6.92 Å². The quantitative estimate of drug-likeness (QED) is 0.699. The summed E-state index contributed by atoms with van der Waals surface area (Å²) in [4.78, 5) is 0. The number of rotatable bonds is 6. The van der Waals surface area contributed by atoms with Gasteiger partial charge in [-0.25, -0.2) is 18.7 Å². The normalized spacial score (nSPS) is 14.6. The molecule has 0 saturated carbocycles. The van der Waals surface area contributed by atoms with E-state index in [9.17, 15) is 9.13 Å². The average molecular weight is 298 g/mol. The van der Waals surface area contributed by atoms with Crippen molar-refractivity contribution in [3.05, 3.63) is 0 Å². The highest BCUT2D eigenvalue weighted by atomic mass is 31.2. The van der Waals surface area contributed by atoms with E-state index in [-0.39, 0.29) is 0 Å². The predicted molar refractivity (Wildman–Crippen MR) is 79.4 cm³/mol. The molecule has 0 bridgehead atoms. The van der Waals surface area contributed by atoms with Gasteiger partial charge in [-0.2, -0.15) is 0 Å². The van der Waals surface area contributed by atoms with Crippen molar-refractivity contribution >= 4 is 14.9 Å². The molecular weight excluding hydrogens is 270 g/mol. The summed E-state index contributed by atoms with van der Waals surface area (Å²) in [6, 6.07) is 0. The van der Waals surface area contributed by atoms with Crippen LogP contribution in [0.2, 0.25) is 0 Å². The van der Waals surface area contributed by atoms with Crippen molar-refractivity contribution in [2.45, 2.75) is 12.3 Å². The Bertz CT molecular complexity index is 311. The molecule has 0 aromatic rings. The van der Waals surface area contributed by atoms with E-state index in [1.165, 1.54) is 0 Å². The van der Waals surface area contributed by atoms with Crippen LogP contribution in [0.15, 0.2) is 0 Å². The molecule has 0 rings (SSSR count). The highest BCUT2D eigenvalue weighted by molar-refractivity contribution is 7.77. The maximum Gasteiger partial charge on any atom is 0.228 e. The molecule has 8 heteroatoms. The van der Waals surface area contributed by atoms with E-state index in [1.807, 2.05) is 6.92 Å². The Morgan fingerprint density at radius 1 is 0.611 bits per heavy atom. The minimum atomic E-state index is -2.86. The molecule has 0 unspecified atom stereocenters. The third-order valence-corrected chi connectivity index (χ3v) is 11.6. The first-order valence-corrected chi connectivity index (χ1v) is 9.20. The highest BCUT2D eigenvalue weighted by Gasteiger charge is 2.48. The molecule has 18 heavy (non-hydrogen) atoms. The molecule has 0 N–H and O–H groups in total. The molecule has 110 valence electrons. The molecule has 0 fully saturated rings. The van der Waals surface area contributed by atoms with Crippen molar-refractivity contribution in [1.29, 1.82) is 0 Å². The van der Waals surface area contributed by atoms with Crippen LogP contribution in [0.5, 0.6) is 0 Å². The lowest BCUT2D eigenvalue weighted by Gasteiger charge is -2.42. The standard InChI is InChI=1S/C10H28N4O2P2/c1-10(17(15,11(2)3)12(4)5)18(16,13(6)7)14(8)9/h10H,1-9H3. The summed E-state index contributed by atoms with van der Waals surface area (Å²) in [5, 5.41) is -0.458. The molecule has 0 aliphatic carbocycles. The fourth-order valence-corrected chi connectivity index (χ4v) is 10.4. The molecule has 0 aromatic heterocycles. The fourth-order valence-electron chi connectivity index (χ4n) is 2.25. The van der Waals surface area contributed by atoms with Gasteiger partial charge in [0.1, 0.15) is 5.40 Å². The fraction of sp³-hybridized carbons (Fsp3) is 1.00. The SMILES string of the molecule is CC(P(=O)(N(C)C)N(C)C)P(=O)(N(C)C)N(C)C. The molecule has 0 saturated heterocycles. The van der Waals surface area contributed by atoms with Crippen LogP contribution in [-0.4, -0.2) is 80.5 Å². The predicted octanol–water partition coefficient (Wildman–Crippen LogP) is 1.96. The van der Waals surface area contributed by atoms with E-state index in [0.29, 0.717) is 0 Å². The van der Waals surface area contributed by atoms with Crippen LogP contribution in [0.25, 0.3) is 0 Å². The lowest BCUT2D eigenvalue weighted by molar-refractivity contribution is 0.420. The molecule has 0 radical (unpaired) electrons. The Labute approximate surface area is 112 Å². The van der Waals surface area contributed by atoms with Crippen molar-refractivity contribution in [1.82, 2.24) is 18.7 Å². The zero-order valence-electron chi connectivity index (χ0n) is 13.1. The summed E-state index contributed by atoms with van der Waals surface area (Å²) in [6.45, 7) is 1.81. The van der Waals surface area contributed by atoms with Gasteiger partial charge < -0.3 is 0 Å². The van der Waals surface area contributed by atoms with Gasteiger partial charge in [0.15, 0.2) is 0 Å². The largest absolute Gasteiger partial charge is 0.288 e. The van der Waals surface area contributed by atoms with Gasteiger partial charge in [0.25, 0.3) is 0 Å². The summed E-state index contributed by atoms with van der Waals surface area (Å²) >= 11 is 0. The lowest BCUT2D eigenvalue weighted by atomic mass is 11.0. The molecular formula is C10H28N4O2P2. The minimum Gasteiger partial charge on any atom is -0.288 e. The highest BCUT2D eigenvalue weighted by Crippen LogP contribution is 2.70. The monoisotopic (exact) mass is 298 g/mol. The topological polar surface area (TPSA) is 47.1 Å². The number of hydrogen-bond acceptors (Lipinski definition) is 2. The first kappa shape index (κ1) is 18.3. The van der Waals surface area contributed by atoms with Crippen LogP contribution in [0.3, 0.4) is 0 Å². The Morgan fingerprint density at radius 2 is 0.778 bits per heavy atom. The summed E-state index contributed by atoms with van der Waals surface area (Å²) in [5.74, 6) is 0. The van der Waals surface area contributed by atoms with Gasteiger partial charge in [0.2, 0.25) is 14.9 Å². The van der Waals surface area contributed by atoms with E-state index in [4.69, 9.17) is 0 Å². The van der Waals surface area contributed by atoms with Crippen molar-refractivity contribution < 1.29 is 9.13 Å². The first-order valence-electron chi connectivity index (χ1n) is 5.84. The van der Waals surface area contributed by atoms with Crippen molar-refractivity contribution in [2.75, 3.05) is 56.4 Å². The zero-order chi connectivity index (χ0) is 14.9. The van der Waals surface area contributed by atoms with E-state index in [0.717, 1.165) is 0 Å². The van der Waals surface area contributed by atoms with Gasteiger partial charge in [0, 0.05) is 0 Å². The maximum atomic E-state index is 13.2. The second-order valence-corrected chi connectivity index (χ2v) is 12.7. The Balaban J connectivity index is 5.80. The molecule has 0 heterocycles. The molecule has 0 atom stereocenters. The van der Waals surface area contributed by atoms with Gasteiger partial charge in [-0.05, 0) is 63.3 Å². The van der Waals surface area contributed by atoms with Crippen molar-refractivity contribution in [2.24, 2.45) is 0 Å².